The molecular weight excluding hydrogens is 506 g/mol. The number of piperidine rings is 1. The monoisotopic (exact) mass is 541 g/mol. The van der Waals surface area contributed by atoms with E-state index in [1.165, 1.54) is 6.42 Å². The Kier molecular flexibility index (Phi) is 7.61. The van der Waals surface area contributed by atoms with Crippen molar-refractivity contribution in [2.24, 2.45) is 4.99 Å². The minimum Gasteiger partial charge on any atom is -0.378 e. The zero-order valence-electron chi connectivity index (χ0n) is 22.8. The number of carbonyl (C=O) groups excluding carboxylic acids is 2. The molecule has 0 bridgehead atoms. The van der Waals surface area contributed by atoms with Gasteiger partial charge >= 0.3 is 5.84 Å². The number of rotatable bonds is 6. The van der Waals surface area contributed by atoms with E-state index in [1.807, 2.05) is 35.5 Å². The minimum atomic E-state index is -0.0333. The molecule has 207 valence electrons. The predicted molar refractivity (Wildman–Crippen MR) is 154 cm³/mol. The van der Waals surface area contributed by atoms with Crippen LogP contribution in [0.3, 0.4) is 0 Å². The van der Waals surface area contributed by atoms with Crippen molar-refractivity contribution in [1.82, 2.24) is 19.7 Å². The largest absolute Gasteiger partial charge is 0.378 e. The molecule has 10 heteroatoms. The Morgan fingerprint density at radius 3 is 2.80 bits per heavy atom. The highest BCUT2D eigenvalue weighted by molar-refractivity contribution is 6.06. The molecule has 0 aliphatic carbocycles. The van der Waals surface area contributed by atoms with Crippen molar-refractivity contribution in [3.8, 4) is 0 Å². The van der Waals surface area contributed by atoms with E-state index in [0.717, 1.165) is 42.2 Å². The Morgan fingerprint density at radius 1 is 1.12 bits per heavy atom. The molecule has 5 heterocycles. The number of likely N-dealkylation sites (tertiary alicyclic amines) is 1. The van der Waals surface area contributed by atoms with Gasteiger partial charge in [-0.25, -0.2) is 4.98 Å². The third-order valence-electron chi connectivity index (χ3n) is 7.84. The highest BCUT2D eigenvalue weighted by Gasteiger charge is 2.36. The van der Waals surface area contributed by atoms with Crippen LogP contribution in [0.1, 0.15) is 42.1 Å². The number of fused-ring (bicyclic) bond motifs is 1. The van der Waals surface area contributed by atoms with Crippen molar-refractivity contribution in [3.63, 3.8) is 0 Å². The zero-order valence-corrected chi connectivity index (χ0v) is 22.8. The van der Waals surface area contributed by atoms with Gasteiger partial charge in [-0.05, 0) is 56.0 Å². The van der Waals surface area contributed by atoms with Crippen LogP contribution in [0.2, 0.25) is 0 Å². The van der Waals surface area contributed by atoms with Crippen LogP contribution in [0.5, 0.6) is 0 Å². The molecule has 0 spiro atoms. The average Bonchev–Trinajstić information content (AvgIpc) is 3.47. The Bertz CT molecular complexity index is 1350. The van der Waals surface area contributed by atoms with Crippen LogP contribution in [0.4, 0.5) is 11.5 Å². The summed E-state index contributed by atoms with van der Waals surface area (Å²) < 4.78 is 5.35. The highest BCUT2D eigenvalue weighted by Crippen LogP contribution is 2.25. The third-order valence-corrected chi connectivity index (χ3v) is 7.84. The number of carbonyl (C=O) groups is 2. The number of nitrogens with one attached hydrogen (secondary N) is 1. The number of hydrogen-bond donors (Lipinski definition) is 1. The van der Waals surface area contributed by atoms with Gasteiger partial charge in [-0.1, -0.05) is 17.0 Å². The average molecular weight is 542 g/mol. The molecule has 2 aromatic rings. The van der Waals surface area contributed by atoms with Crippen molar-refractivity contribution >= 4 is 29.2 Å². The van der Waals surface area contributed by atoms with Crippen molar-refractivity contribution in [3.05, 3.63) is 78.0 Å². The van der Waals surface area contributed by atoms with Gasteiger partial charge in [-0.15, -0.1) is 0 Å². The quantitative estimate of drug-likeness (QED) is 0.564. The van der Waals surface area contributed by atoms with Gasteiger partial charge < -0.3 is 19.9 Å². The SMILES string of the molecule is CC1CCCCN1C(=O)Cc1cccc(N2C=C(Nc3ccc(C(=O)N4CCOCC4)cn3)C3=NC=C[N+]3C2)c1. The van der Waals surface area contributed by atoms with Crippen LogP contribution in [0, 0.1) is 0 Å². The fourth-order valence-electron chi connectivity index (χ4n) is 5.60. The molecule has 1 aromatic carbocycles. The van der Waals surface area contributed by atoms with E-state index < -0.39 is 0 Å². The van der Waals surface area contributed by atoms with Crippen LogP contribution in [-0.4, -0.2) is 78.0 Å². The number of pyridine rings is 1. The standard InChI is InChI=1S/C30H35N7O3/c1-22-5-2-3-11-37(22)28(38)18-23-6-4-7-25(17-23)36-20-26(29-31-10-12-35(29)21-36)33-27-9-8-24(19-32-27)30(39)34-13-15-40-16-14-34/h4,6-10,12,17,19-20,22H,2-3,5,11,13-16,18,21H2,1H3,(H,32,33)/q+1. The Hall–Kier alpha value is -4.02. The number of aromatic nitrogens is 1. The van der Waals surface area contributed by atoms with Gasteiger partial charge in [0.2, 0.25) is 12.6 Å². The molecule has 2 amide bonds. The summed E-state index contributed by atoms with van der Waals surface area (Å²) >= 11 is 0. The summed E-state index contributed by atoms with van der Waals surface area (Å²) in [7, 11) is 0. The van der Waals surface area contributed by atoms with Gasteiger partial charge in [0.25, 0.3) is 5.91 Å². The molecule has 1 atom stereocenters. The van der Waals surface area contributed by atoms with E-state index in [-0.39, 0.29) is 11.8 Å². The van der Waals surface area contributed by atoms with Crippen LogP contribution >= 0.6 is 0 Å². The van der Waals surface area contributed by atoms with Crippen molar-refractivity contribution in [2.45, 2.75) is 38.6 Å². The maximum absolute atomic E-state index is 13.0. The molecule has 1 unspecified atom stereocenters. The number of morpholine rings is 1. The van der Waals surface area contributed by atoms with E-state index in [2.05, 4.69) is 44.1 Å². The number of ether oxygens (including phenoxy) is 1. The van der Waals surface area contributed by atoms with Gasteiger partial charge in [-0.3, -0.25) is 14.5 Å². The maximum Gasteiger partial charge on any atom is 0.308 e. The van der Waals surface area contributed by atoms with E-state index in [1.54, 1.807) is 23.4 Å². The lowest BCUT2D eigenvalue weighted by Gasteiger charge is -2.33. The lowest BCUT2D eigenvalue weighted by molar-refractivity contribution is -0.133. The summed E-state index contributed by atoms with van der Waals surface area (Å²) in [5.41, 5.74) is 3.34. The lowest BCUT2D eigenvalue weighted by atomic mass is 10.0. The second-order valence-electron chi connectivity index (χ2n) is 10.6. The number of benzene rings is 1. The van der Waals surface area contributed by atoms with Crippen LogP contribution in [-0.2, 0) is 16.0 Å². The second kappa shape index (κ2) is 11.6. The van der Waals surface area contributed by atoms with Crippen LogP contribution < -0.4 is 15.1 Å². The number of nitrogens with zero attached hydrogens (tertiary/aromatic N) is 6. The topological polar surface area (TPSA) is 96.3 Å². The van der Waals surface area contributed by atoms with E-state index in [0.29, 0.717) is 56.8 Å². The molecule has 10 nitrogen and oxygen atoms in total. The first-order valence-corrected chi connectivity index (χ1v) is 14.0. The molecule has 2 saturated heterocycles. The minimum absolute atomic E-state index is 0.0333. The van der Waals surface area contributed by atoms with Gasteiger partial charge in [0.1, 0.15) is 11.5 Å². The molecule has 6 rings (SSSR count). The number of anilines is 2. The number of amides is 2. The summed E-state index contributed by atoms with van der Waals surface area (Å²) in [6.07, 6.45) is 11.1. The second-order valence-corrected chi connectivity index (χ2v) is 10.6. The van der Waals surface area contributed by atoms with Gasteiger partial charge in [0.15, 0.2) is 6.20 Å². The summed E-state index contributed by atoms with van der Waals surface area (Å²) in [6.45, 7) is 5.91. The maximum atomic E-state index is 13.0. The summed E-state index contributed by atoms with van der Waals surface area (Å²) in [6, 6.07) is 12.1. The number of hydrogen-bond acceptors (Lipinski definition) is 8. The predicted octanol–water partition coefficient (Wildman–Crippen LogP) is 3.25. The molecule has 4 aliphatic heterocycles. The van der Waals surface area contributed by atoms with Gasteiger partial charge in [0, 0.05) is 43.8 Å². The Morgan fingerprint density at radius 2 is 2.00 bits per heavy atom. The van der Waals surface area contributed by atoms with E-state index in [9.17, 15) is 9.59 Å². The Balaban J connectivity index is 1.17. The Labute approximate surface area is 234 Å². The molecule has 0 saturated carbocycles. The van der Waals surface area contributed by atoms with Crippen molar-refractivity contribution in [2.75, 3.05) is 49.7 Å². The molecule has 2 fully saturated rings. The van der Waals surface area contributed by atoms with Crippen molar-refractivity contribution < 1.29 is 14.3 Å². The molecule has 1 radical (unpaired) electrons. The molecule has 1 N–H and O–H groups in total. The van der Waals surface area contributed by atoms with Gasteiger partial charge in [-0.2, -0.15) is 4.99 Å². The van der Waals surface area contributed by atoms with Gasteiger partial charge in [0.05, 0.1) is 31.4 Å². The van der Waals surface area contributed by atoms with Crippen LogP contribution in [0.15, 0.2) is 71.9 Å². The van der Waals surface area contributed by atoms with E-state index in [4.69, 9.17) is 4.74 Å². The number of aliphatic imine (C=N–C) groups is 1. The fraction of sp³-hybridized carbons (Fsp3) is 0.400. The molecular formula is C30H35N7O3+. The number of amidine groups is 1. The summed E-state index contributed by atoms with van der Waals surface area (Å²) in [5.74, 6) is 1.58. The van der Waals surface area contributed by atoms with E-state index >= 15 is 0 Å². The lowest BCUT2D eigenvalue weighted by Crippen LogP contribution is -2.46. The summed E-state index contributed by atoms with van der Waals surface area (Å²) in [4.78, 5) is 42.9. The fourth-order valence-corrected chi connectivity index (χ4v) is 5.60. The van der Waals surface area contributed by atoms with Crippen LogP contribution in [0.25, 0.3) is 0 Å². The highest BCUT2D eigenvalue weighted by atomic mass is 16.5. The molecule has 4 aliphatic rings. The zero-order chi connectivity index (χ0) is 27.5. The molecule has 40 heavy (non-hydrogen) atoms. The summed E-state index contributed by atoms with van der Waals surface area (Å²) in [5, 5.41) is 3.38. The first-order chi connectivity index (χ1) is 19.5. The third kappa shape index (κ3) is 5.64. The first-order valence-electron chi connectivity index (χ1n) is 14.0. The molecule has 1 aromatic heterocycles. The normalized spacial score (nSPS) is 21.1. The first kappa shape index (κ1) is 26.2. The van der Waals surface area contributed by atoms with Crippen molar-refractivity contribution in [1.29, 1.82) is 0 Å². The smallest absolute Gasteiger partial charge is 0.308 e.